The predicted molar refractivity (Wildman–Crippen MR) is 68.0 cm³/mol. The number of sulfone groups is 1. The lowest BCUT2D eigenvalue weighted by Gasteiger charge is -2.14. The second kappa shape index (κ2) is 5.38. The van der Waals surface area contributed by atoms with E-state index in [0.29, 0.717) is 0 Å². The Kier molecular flexibility index (Phi) is 4.07. The molecule has 0 spiro atoms. The third-order valence-corrected chi connectivity index (χ3v) is 4.66. The molecule has 10 heteroatoms. The van der Waals surface area contributed by atoms with Crippen molar-refractivity contribution in [2.24, 2.45) is 0 Å². The molecule has 1 saturated heterocycles. The summed E-state index contributed by atoms with van der Waals surface area (Å²) in [6.07, 6.45) is -1.20. The summed E-state index contributed by atoms with van der Waals surface area (Å²) in [6, 6.07) is 3.80. The minimum Gasteiger partial charge on any atom is -0.443 e. The van der Waals surface area contributed by atoms with Crippen LogP contribution in [-0.2, 0) is 14.6 Å². The maximum Gasteiger partial charge on any atom is 0.501 e. The van der Waals surface area contributed by atoms with Gasteiger partial charge in [0.25, 0.3) is 9.84 Å². The summed E-state index contributed by atoms with van der Waals surface area (Å²) in [5.74, 6) is 0.0861. The Labute approximate surface area is 123 Å². The van der Waals surface area contributed by atoms with Crippen LogP contribution in [0.1, 0.15) is 0 Å². The molecule has 1 amide bonds. The minimum atomic E-state index is -5.40. The topological polar surface area (TPSA) is 63.7 Å². The minimum absolute atomic E-state index is 0.0861. The number of halogens is 4. The fourth-order valence-electron chi connectivity index (χ4n) is 1.75. The fraction of sp³-hybridized carbons (Fsp3) is 0.364. The van der Waals surface area contributed by atoms with Crippen molar-refractivity contribution in [1.29, 1.82) is 0 Å². The average molecular weight is 344 g/mol. The van der Waals surface area contributed by atoms with Gasteiger partial charge in [0, 0.05) is 5.69 Å². The van der Waals surface area contributed by atoms with E-state index in [9.17, 15) is 26.4 Å². The summed E-state index contributed by atoms with van der Waals surface area (Å²) in [6.45, 7) is 0.147. The number of nitrogens with zero attached hydrogens (tertiary/aromatic N) is 1. The van der Waals surface area contributed by atoms with Crippen LogP contribution >= 0.6 is 11.6 Å². The van der Waals surface area contributed by atoms with Crippen molar-refractivity contribution in [1.82, 2.24) is 0 Å². The van der Waals surface area contributed by atoms with Gasteiger partial charge in [-0.1, -0.05) is 0 Å². The highest BCUT2D eigenvalue weighted by Crippen LogP contribution is 2.31. The number of rotatable bonds is 3. The first-order valence-electron chi connectivity index (χ1n) is 5.62. The van der Waals surface area contributed by atoms with Gasteiger partial charge in [0.1, 0.15) is 6.10 Å². The number of alkyl halides is 4. The van der Waals surface area contributed by atoms with E-state index in [0.717, 1.165) is 29.2 Å². The van der Waals surface area contributed by atoms with E-state index in [1.54, 1.807) is 0 Å². The van der Waals surface area contributed by atoms with Crippen LogP contribution in [0.2, 0.25) is 0 Å². The molecule has 1 unspecified atom stereocenters. The Morgan fingerprint density at radius 1 is 1.29 bits per heavy atom. The molecule has 116 valence electrons. The molecule has 1 aromatic rings. The van der Waals surface area contributed by atoms with Crippen molar-refractivity contribution in [2.45, 2.75) is 16.5 Å². The summed E-state index contributed by atoms with van der Waals surface area (Å²) < 4.78 is 64.5. The molecule has 0 N–H and O–H groups in total. The standard InChI is InChI=1S/C11H9ClF3NO4S/c12-5-8-6-16(10(17)20-8)7-1-3-9(4-2-7)21(18,19)11(13,14)15/h1-4,8H,5-6H2. The van der Waals surface area contributed by atoms with Crippen molar-refractivity contribution in [2.75, 3.05) is 17.3 Å². The molecule has 0 aromatic heterocycles. The quantitative estimate of drug-likeness (QED) is 0.791. The summed E-state index contributed by atoms with van der Waals surface area (Å²) in [5, 5.41) is 0. The zero-order valence-corrected chi connectivity index (χ0v) is 11.9. The van der Waals surface area contributed by atoms with Crippen molar-refractivity contribution in [3.63, 3.8) is 0 Å². The van der Waals surface area contributed by atoms with Gasteiger partial charge in [-0.3, -0.25) is 4.90 Å². The molecule has 1 heterocycles. The van der Waals surface area contributed by atoms with E-state index in [1.807, 2.05) is 0 Å². The Balaban J connectivity index is 2.27. The zero-order valence-electron chi connectivity index (χ0n) is 10.3. The molecular weight excluding hydrogens is 335 g/mol. The van der Waals surface area contributed by atoms with Crippen LogP contribution in [-0.4, -0.2) is 38.5 Å². The molecule has 1 aliphatic rings. The molecule has 21 heavy (non-hydrogen) atoms. The summed E-state index contributed by atoms with van der Waals surface area (Å²) in [4.78, 5) is 11.8. The SMILES string of the molecule is O=C1OC(CCl)CN1c1ccc(S(=O)(=O)C(F)(F)F)cc1. The van der Waals surface area contributed by atoms with Gasteiger partial charge in [-0.15, -0.1) is 11.6 Å². The monoisotopic (exact) mass is 343 g/mol. The Hall–Kier alpha value is -1.48. The number of anilines is 1. The summed E-state index contributed by atoms with van der Waals surface area (Å²) >= 11 is 5.55. The van der Waals surface area contributed by atoms with Crippen molar-refractivity contribution >= 4 is 33.2 Å². The van der Waals surface area contributed by atoms with Crippen LogP contribution in [0.4, 0.5) is 23.7 Å². The molecule has 2 rings (SSSR count). The van der Waals surface area contributed by atoms with Crippen LogP contribution in [0.15, 0.2) is 29.2 Å². The maximum absolute atomic E-state index is 12.4. The maximum atomic E-state index is 12.4. The number of cyclic esters (lactones) is 1. The zero-order chi connectivity index (χ0) is 15.8. The number of benzene rings is 1. The van der Waals surface area contributed by atoms with E-state index in [4.69, 9.17) is 16.3 Å². The van der Waals surface area contributed by atoms with Gasteiger partial charge in [0.2, 0.25) is 0 Å². The Morgan fingerprint density at radius 3 is 2.29 bits per heavy atom. The predicted octanol–water partition coefficient (Wildman–Crippen LogP) is 2.54. The second-order valence-electron chi connectivity index (χ2n) is 4.21. The van der Waals surface area contributed by atoms with Crippen LogP contribution < -0.4 is 4.90 Å². The largest absolute Gasteiger partial charge is 0.501 e. The van der Waals surface area contributed by atoms with Gasteiger partial charge in [0.05, 0.1) is 17.3 Å². The van der Waals surface area contributed by atoms with Gasteiger partial charge in [-0.2, -0.15) is 13.2 Å². The third-order valence-electron chi connectivity index (χ3n) is 2.81. The van der Waals surface area contributed by atoms with Crippen molar-refractivity contribution in [3.8, 4) is 0 Å². The molecule has 5 nitrogen and oxygen atoms in total. The molecule has 1 aromatic carbocycles. The van der Waals surface area contributed by atoms with Crippen molar-refractivity contribution < 1.29 is 31.1 Å². The Morgan fingerprint density at radius 2 is 1.86 bits per heavy atom. The second-order valence-corrected chi connectivity index (χ2v) is 6.46. The fourth-order valence-corrected chi connectivity index (χ4v) is 2.67. The number of carbonyl (C=O) groups is 1. The highest BCUT2D eigenvalue weighted by molar-refractivity contribution is 7.92. The smallest absolute Gasteiger partial charge is 0.443 e. The number of amides is 1. The van der Waals surface area contributed by atoms with Gasteiger partial charge in [-0.05, 0) is 24.3 Å². The summed E-state index contributed by atoms with van der Waals surface area (Å²) in [5.41, 5.74) is -5.14. The first-order valence-corrected chi connectivity index (χ1v) is 7.64. The van der Waals surface area contributed by atoms with Crippen LogP contribution in [0, 0.1) is 0 Å². The number of hydrogen-bond donors (Lipinski definition) is 0. The van der Waals surface area contributed by atoms with E-state index < -0.39 is 32.4 Å². The molecule has 1 fully saturated rings. The number of carbonyl (C=O) groups excluding carboxylic acids is 1. The Bertz CT molecular complexity index is 644. The highest BCUT2D eigenvalue weighted by Gasteiger charge is 2.46. The lowest BCUT2D eigenvalue weighted by molar-refractivity contribution is -0.0436. The van der Waals surface area contributed by atoms with E-state index in [2.05, 4.69) is 0 Å². The highest BCUT2D eigenvalue weighted by atomic mass is 35.5. The molecule has 0 bridgehead atoms. The number of ether oxygens (including phenoxy) is 1. The summed E-state index contributed by atoms with van der Waals surface area (Å²) in [7, 11) is -5.40. The lowest BCUT2D eigenvalue weighted by atomic mass is 10.3. The average Bonchev–Trinajstić information content (AvgIpc) is 2.79. The van der Waals surface area contributed by atoms with E-state index in [1.165, 1.54) is 0 Å². The van der Waals surface area contributed by atoms with Crippen LogP contribution in [0.3, 0.4) is 0 Å². The van der Waals surface area contributed by atoms with E-state index in [-0.39, 0.29) is 18.1 Å². The molecule has 0 saturated carbocycles. The molecule has 1 atom stereocenters. The van der Waals surface area contributed by atoms with Gasteiger partial charge < -0.3 is 4.74 Å². The van der Waals surface area contributed by atoms with Crippen LogP contribution in [0.5, 0.6) is 0 Å². The van der Waals surface area contributed by atoms with Gasteiger partial charge in [-0.25, -0.2) is 13.2 Å². The first-order chi connectivity index (χ1) is 9.66. The molecule has 0 aliphatic carbocycles. The molecule has 1 aliphatic heterocycles. The van der Waals surface area contributed by atoms with E-state index >= 15 is 0 Å². The van der Waals surface area contributed by atoms with Gasteiger partial charge in [0.15, 0.2) is 0 Å². The first kappa shape index (κ1) is 15.9. The molecular formula is C11H9ClF3NO4S. The van der Waals surface area contributed by atoms with Crippen molar-refractivity contribution in [3.05, 3.63) is 24.3 Å². The number of hydrogen-bond acceptors (Lipinski definition) is 4. The van der Waals surface area contributed by atoms with Crippen LogP contribution in [0.25, 0.3) is 0 Å². The lowest BCUT2D eigenvalue weighted by Crippen LogP contribution is -2.25. The molecule has 0 radical (unpaired) electrons. The van der Waals surface area contributed by atoms with Gasteiger partial charge >= 0.3 is 11.6 Å². The third kappa shape index (κ3) is 2.93. The normalized spacial score (nSPS) is 19.7.